The minimum absolute atomic E-state index is 0.120. The van der Waals surface area contributed by atoms with Crippen LogP contribution in [0.2, 0.25) is 0 Å². The van der Waals surface area contributed by atoms with Crippen molar-refractivity contribution in [1.82, 2.24) is 0 Å². The molecule has 0 bridgehead atoms. The van der Waals surface area contributed by atoms with Gasteiger partial charge in [-0.15, -0.1) is 0 Å². The summed E-state index contributed by atoms with van der Waals surface area (Å²) in [6.45, 7) is 6.12. The molecule has 1 aliphatic carbocycles. The molecule has 0 saturated heterocycles. The smallest absolute Gasteiger partial charge is 0.265 e. The summed E-state index contributed by atoms with van der Waals surface area (Å²) in [4.78, 5) is 12.5. The third kappa shape index (κ3) is 4.22. The number of nitrogens with one attached hydrogen (secondary N) is 1. The molecule has 1 N–H and O–H groups in total. The molecule has 0 aromatic heterocycles. The highest BCUT2D eigenvalue weighted by atomic mass is 16.5. The van der Waals surface area contributed by atoms with Gasteiger partial charge in [0.15, 0.2) is 6.10 Å². The number of benzene rings is 2. The van der Waals surface area contributed by atoms with E-state index in [1.165, 1.54) is 29.5 Å². The van der Waals surface area contributed by atoms with E-state index in [1.54, 1.807) is 6.92 Å². The maximum Gasteiger partial charge on any atom is 0.265 e. The molecule has 1 unspecified atom stereocenters. The van der Waals surface area contributed by atoms with Gasteiger partial charge in [-0.05, 0) is 73.4 Å². The Kier molecular flexibility index (Phi) is 5.42. The van der Waals surface area contributed by atoms with Gasteiger partial charge in [0.05, 0.1) is 0 Å². The second-order valence-corrected chi connectivity index (χ2v) is 7.13. The second kappa shape index (κ2) is 7.73. The maximum absolute atomic E-state index is 12.5. The third-order valence-corrected chi connectivity index (χ3v) is 4.87. The van der Waals surface area contributed by atoms with Gasteiger partial charge < -0.3 is 10.1 Å². The van der Waals surface area contributed by atoms with Gasteiger partial charge in [-0.3, -0.25) is 4.79 Å². The molecule has 1 aliphatic rings. The van der Waals surface area contributed by atoms with E-state index in [2.05, 4.69) is 37.4 Å². The van der Waals surface area contributed by atoms with Crippen molar-refractivity contribution in [2.24, 2.45) is 0 Å². The van der Waals surface area contributed by atoms with Crippen LogP contribution in [-0.4, -0.2) is 12.0 Å². The lowest BCUT2D eigenvalue weighted by atomic mass is 9.91. The highest BCUT2D eigenvalue weighted by Gasteiger charge is 2.19. The Morgan fingerprint density at radius 2 is 1.72 bits per heavy atom. The molecule has 2 aromatic rings. The van der Waals surface area contributed by atoms with E-state index >= 15 is 0 Å². The predicted molar refractivity (Wildman–Crippen MR) is 102 cm³/mol. The maximum atomic E-state index is 12.5. The lowest BCUT2D eigenvalue weighted by Gasteiger charge is -2.22. The number of hydrogen-bond acceptors (Lipinski definition) is 2. The Balaban J connectivity index is 1.65. The van der Waals surface area contributed by atoms with Crippen LogP contribution >= 0.6 is 0 Å². The number of anilines is 1. The fourth-order valence-corrected chi connectivity index (χ4v) is 3.30. The lowest BCUT2D eigenvalue weighted by molar-refractivity contribution is -0.122. The Hall–Kier alpha value is -2.29. The highest BCUT2D eigenvalue weighted by Crippen LogP contribution is 2.30. The Morgan fingerprint density at radius 3 is 2.44 bits per heavy atom. The van der Waals surface area contributed by atoms with Crippen LogP contribution in [0.1, 0.15) is 56.2 Å². The van der Waals surface area contributed by atoms with E-state index in [-0.39, 0.29) is 5.91 Å². The van der Waals surface area contributed by atoms with Crippen molar-refractivity contribution in [2.75, 3.05) is 5.32 Å². The molecule has 1 amide bonds. The van der Waals surface area contributed by atoms with E-state index in [0.29, 0.717) is 5.92 Å². The third-order valence-electron chi connectivity index (χ3n) is 4.87. The Morgan fingerprint density at radius 1 is 1.00 bits per heavy atom. The molecule has 25 heavy (non-hydrogen) atoms. The number of ether oxygens (including phenoxy) is 1. The number of rotatable bonds is 5. The fourth-order valence-electron chi connectivity index (χ4n) is 3.30. The van der Waals surface area contributed by atoms with E-state index in [0.717, 1.165) is 24.3 Å². The molecule has 0 radical (unpaired) electrons. The van der Waals surface area contributed by atoms with Gasteiger partial charge in [-0.1, -0.05) is 38.1 Å². The Bertz CT molecular complexity index is 734. The van der Waals surface area contributed by atoms with Crippen LogP contribution in [0.15, 0.2) is 42.5 Å². The second-order valence-electron chi connectivity index (χ2n) is 7.13. The number of carbonyl (C=O) groups is 1. The average molecular weight is 337 g/mol. The van der Waals surface area contributed by atoms with Gasteiger partial charge in [0, 0.05) is 5.69 Å². The van der Waals surface area contributed by atoms with Crippen LogP contribution in [0.3, 0.4) is 0 Å². The summed E-state index contributed by atoms with van der Waals surface area (Å²) >= 11 is 0. The van der Waals surface area contributed by atoms with Crippen molar-refractivity contribution >= 4 is 11.6 Å². The van der Waals surface area contributed by atoms with Gasteiger partial charge in [0.1, 0.15) is 5.75 Å². The molecule has 0 heterocycles. The molecule has 3 rings (SSSR count). The molecule has 0 spiro atoms. The number of carbonyl (C=O) groups excluding carboxylic acids is 1. The van der Waals surface area contributed by atoms with Crippen molar-refractivity contribution in [3.05, 3.63) is 59.2 Å². The van der Waals surface area contributed by atoms with Gasteiger partial charge >= 0.3 is 0 Å². The summed E-state index contributed by atoms with van der Waals surface area (Å²) in [5, 5.41) is 2.94. The largest absolute Gasteiger partial charge is 0.481 e. The number of aryl methyl sites for hydroxylation is 1. The Labute approximate surface area is 150 Å². The van der Waals surface area contributed by atoms with Crippen LogP contribution in [-0.2, 0) is 17.6 Å². The van der Waals surface area contributed by atoms with Crippen LogP contribution in [0.5, 0.6) is 5.75 Å². The quantitative estimate of drug-likeness (QED) is 0.825. The molecule has 0 aliphatic heterocycles. The van der Waals surface area contributed by atoms with Crippen LogP contribution in [0.4, 0.5) is 5.69 Å². The van der Waals surface area contributed by atoms with E-state index in [1.807, 2.05) is 24.3 Å². The highest BCUT2D eigenvalue weighted by molar-refractivity contribution is 5.94. The number of hydrogen-bond donors (Lipinski definition) is 1. The molecule has 3 heteroatoms. The van der Waals surface area contributed by atoms with E-state index < -0.39 is 6.10 Å². The summed E-state index contributed by atoms with van der Waals surface area (Å²) in [7, 11) is 0. The van der Waals surface area contributed by atoms with Crippen molar-refractivity contribution < 1.29 is 9.53 Å². The van der Waals surface area contributed by atoms with Crippen molar-refractivity contribution in [3.8, 4) is 5.75 Å². The summed E-state index contributed by atoms with van der Waals surface area (Å²) < 4.78 is 6.00. The van der Waals surface area contributed by atoms with Crippen LogP contribution in [0.25, 0.3) is 0 Å². The van der Waals surface area contributed by atoms with Gasteiger partial charge in [0.2, 0.25) is 0 Å². The zero-order valence-corrected chi connectivity index (χ0v) is 15.3. The molecular formula is C22H27NO2. The minimum Gasteiger partial charge on any atom is -0.481 e. The molecule has 132 valence electrons. The standard InChI is InChI=1S/C22H27NO2/c1-15(2)17-11-13-19(14-12-17)23-22(24)16(3)25-21-10-6-8-18-7-4-5-9-20(18)21/h6,8,10-16H,4-5,7,9H2,1-3H3,(H,23,24). The fraction of sp³-hybridized carbons (Fsp3) is 0.409. The SMILES string of the molecule is CC(Oc1cccc2c1CCCC2)C(=O)Nc1ccc(C(C)C)cc1. The van der Waals surface area contributed by atoms with E-state index in [4.69, 9.17) is 4.74 Å². The van der Waals surface area contributed by atoms with Gasteiger partial charge in [-0.2, -0.15) is 0 Å². The first kappa shape index (κ1) is 17.5. The van der Waals surface area contributed by atoms with Gasteiger partial charge in [-0.25, -0.2) is 0 Å². The summed E-state index contributed by atoms with van der Waals surface area (Å²) in [6.07, 6.45) is 4.04. The molecule has 3 nitrogen and oxygen atoms in total. The first-order chi connectivity index (χ1) is 12.0. The normalized spacial score (nSPS) is 14.7. The van der Waals surface area contributed by atoms with Crippen LogP contribution < -0.4 is 10.1 Å². The van der Waals surface area contributed by atoms with E-state index in [9.17, 15) is 4.79 Å². The van der Waals surface area contributed by atoms with Crippen LogP contribution in [0, 0.1) is 0 Å². The van der Waals surface area contributed by atoms with Crippen molar-refractivity contribution in [1.29, 1.82) is 0 Å². The van der Waals surface area contributed by atoms with Crippen molar-refractivity contribution in [2.45, 2.75) is 58.5 Å². The summed E-state index contributed by atoms with van der Waals surface area (Å²) in [5.41, 5.74) is 4.70. The molecule has 0 fully saturated rings. The first-order valence-corrected chi connectivity index (χ1v) is 9.23. The summed E-state index contributed by atoms with van der Waals surface area (Å²) in [5.74, 6) is 1.22. The summed E-state index contributed by atoms with van der Waals surface area (Å²) in [6, 6.07) is 14.2. The molecule has 0 saturated carbocycles. The molecule has 1 atom stereocenters. The zero-order valence-electron chi connectivity index (χ0n) is 15.3. The predicted octanol–water partition coefficient (Wildman–Crippen LogP) is 5.09. The topological polar surface area (TPSA) is 38.3 Å². The van der Waals surface area contributed by atoms with Crippen molar-refractivity contribution in [3.63, 3.8) is 0 Å². The molecular weight excluding hydrogens is 310 g/mol. The molecule has 2 aromatic carbocycles. The average Bonchev–Trinajstić information content (AvgIpc) is 2.62. The number of fused-ring (bicyclic) bond motifs is 1. The zero-order chi connectivity index (χ0) is 17.8. The number of amides is 1. The minimum atomic E-state index is -0.529. The first-order valence-electron chi connectivity index (χ1n) is 9.23. The van der Waals surface area contributed by atoms with Gasteiger partial charge in [0.25, 0.3) is 5.91 Å². The monoisotopic (exact) mass is 337 g/mol. The lowest BCUT2D eigenvalue weighted by Crippen LogP contribution is -2.30.